The van der Waals surface area contributed by atoms with Crippen LogP contribution in [-0.4, -0.2) is 31.1 Å². The molecule has 0 aromatic heterocycles. The molecule has 2 atom stereocenters. The lowest BCUT2D eigenvalue weighted by molar-refractivity contribution is -0.117. The van der Waals surface area contributed by atoms with E-state index in [4.69, 9.17) is 4.74 Å². The molecule has 5 nitrogen and oxygen atoms in total. The molecule has 142 valence electrons. The number of ether oxygens (including phenoxy) is 1. The average molecular weight is 358 g/mol. The monoisotopic (exact) mass is 358 g/mol. The highest BCUT2D eigenvalue weighted by Crippen LogP contribution is 2.38. The van der Waals surface area contributed by atoms with Crippen LogP contribution in [0.2, 0.25) is 0 Å². The van der Waals surface area contributed by atoms with Crippen molar-refractivity contribution in [3.8, 4) is 0 Å². The van der Waals surface area contributed by atoms with Crippen LogP contribution in [0.1, 0.15) is 62.2 Å². The number of amides is 2. The van der Waals surface area contributed by atoms with E-state index in [1.807, 2.05) is 0 Å². The molecule has 2 fully saturated rings. The molecule has 2 aliphatic rings. The van der Waals surface area contributed by atoms with Crippen LogP contribution in [0.25, 0.3) is 0 Å². The number of carbonyl (C=O) groups is 2. The Balaban J connectivity index is 1.33. The van der Waals surface area contributed by atoms with Crippen molar-refractivity contribution in [3.63, 3.8) is 0 Å². The maximum atomic E-state index is 12.2. The molecule has 0 saturated heterocycles. The van der Waals surface area contributed by atoms with Crippen molar-refractivity contribution in [3.05, 3.63) is 29.8 Å². The third kappa shape index (κ3) is 5.56. The minimum atomic E-state index is -0.0867. The van der Waals surface area contributed by atoms with Gasteiger partial charge in [0, 0.05) is 30.3 Å². The number of carbonyl (C=O) groups excluding carboxylic acids is 2. The van der Waals surface area contributed by atoms with Gasteiger partial charge in [-0.05, 0) is 55.9 Å². The molecule has 2 saturated carbocycles. The molecule has 0 unspecified atom stereocenters. The van der Waals surface area contributed by atoms with Gasteiger partial charge in [-0.2, -0.15) is 0 Å². The molecule has 2 aliphatic carbocycles. The lowest BCUT2D eigenvalue weighted by Gasteiger charge is -2.21. The fourth-order valence-electron chi connectivity index (χ4n) is 3.49. The van der Waals surface area contributed by atoms with Crippen LogP contribution >= 0.6 is 0 Å². The molecule has 1 aromatic rings. The first-order chi connectivity index (χ1) is 12.6. The number of hydrogen-bond donors (Lipinski definition) is 2. The van der Waals surface area contributed by atoms with E-state index in [9.17, 15) is 9.59 Å². The largest absolute Gasteiger partial charge is 0.378 e. The summed E-state index contributed by atoms with van der Waals surface area (Å²) in [5.74, 6) is 0.625. The maximum Gasteiger partial charge on any atom is 0.251 e. The predicted octanol–water partition coefficient (Wildman–Crippen LogP) is 3.75. The van der Waals surface area contributed by atoms with Crippen LogP contribution < -0.4 is 10.6 Å². The first kappa shape index (κ1) is 18.9. The second-order valence-corrected chi connectivity index (χ2v) is 7.63. The quantitative estimate of drug-likeness (QED) is 0.696. The second-order valence-electron chi connectivity index (χ2n) is 7.63. The summed E-state index contributed by atoms with van der Waals surface area (Å²) in [5.41, 5.74) is 1.35. The van der Waals surface area contributed by atoms with Gasteiger partial charge in [-0.25, -0.2) is 0 Å². The molecule has 0 spiro atoms. The first-order valence-electron chi connectivity index (χ1n) is 9.94. The Morgan fingerprint density at radius 2 is 1.81 bits per heavy atom. The Morgan fingerprint density at radius 3 is 2.46 bits per heavy atom. The van der Waals surface area contributed by atoms with Gasteiger partial charge < -0.3 is 15.4 Å². The van der Waals surface area contributed by atoms with E-state index in [0.717, 1.165) is 18.5 Å². The molecule has 3 rings (SSSR count). The lowest BCUT2D eigenvalue weighted by Crippen LogP contribution is -2.26. The summed E-state index contributed by atoms with van der Waals surface area (Å²) >= 11 is 0. The summed E-state index contributed by atoms with van der Waals surface area (Å²) < 4.78 is 5.86. The van der Waals surface area contributed by atoms with E-state index in [2.05, 4.69) is 17.6 Å². The zero-order valence-corrected chi connectivity index (χ0v) is 15.6. The number of benzene rings is 1. The minimum Gasteiger partial charge on any atom is -0.378 e. The van der Waals surface area contributed by atoms with Crippen molar-refractivity contribution < 1.29 is 14.3 Å². The van der Waals surface area contributed by atoms with Crippen LogP contribution in [0.4, 0.5) is 5.69 Å². The third-order valence-electron chi connectivity index (χ3n) is 5.37. The van der Waals surface area contributed by atoms with Gasteiger partial charge in [0.2, 0.25) is 5.91 Å². The number of rotatable bonds is 8. The van der Waals surface area contributed by atoms with Crippen LogP contribution in [0.5, 0.6) is 0 Å². The van der Waals surface area contributed by atoms with Gasteiger partial charge in [0.05, 0.1) is 6.10 Å². The van der Waals surface area contributed by atoms with Crippen molar-refractivity contribution in [1.29, 1.82) is 0 Å². The normalized spacial score (nSPS) is 22.7. The molecule has 0 bridgehead atoms. The average Bonchev–Trinajstić information content (AvgIpc) is 3.40. The van der Waals surface area contributed by atoms with Crippen LogP contribution in [0.3, 0.4) is 0 Å². The highest BCUT2D eigenvalue weighted by Gasteiger charge is 2.39. The van der Waals surface area contributed by atoms with Crippen molar-refractivity contribution in [2.24, 2.45) is 11.8 Å². The van der Waals surface area contributed by atoms with Gasteiger partial charge in [-0.15, -0.1) is 0 Å². The molecule has 5 heteroatoms. The predicted molar refractivity (Wildman–Crippen MR) is 102 cm³/mol. The van der Waals surface area contributed by atoms with Gasteiger partial charge in [-0.1, -0.05) is 26.2 Å². The summed E-state index contributed by atoms with van der Waals surface area (Å²) in [6.45, 7) is 3.40. The molecule has 0 aliphatic heterocycles. The van der Waals surface area contributed by atoms with Gasteiger partial charge in [0.1, 0.15) is 0 Å². The summed E-state index contributed by atoms with van der Waals surface area (Å²) in [5, 5.41) is 5.83. The smallest absolute Gasteiger partial charge is 0.251 e. The van der Waals surface area contributed by atoms with Gasteiger partial charge in [0.25, 0.3) is 5.91 Å². The number of hydrogen-bond acceptors (Lipinski definition) is 3. The Kier molecular flexibility index (Phi) is 6.67. The third-order valence-corrected chi connectivity index (χ3v) is 5.37. The standard InChI is InChI=1S/C21H30N2O3/c1-15-14-19(15)21(25)23-17-10-8-16(9-11-17)20(24)22-12-5-13-26-18-6-3-2-4-7-18/h8-11,15,18-19H,2-7,12-14H2,1H3,(H,22,24)(H,23,25)/t15-,19-/m0/s1. The van der Waals surface area contributed by atoms with Gasteiger partial charge >= 0.3 is 0 Å². The highest BCUT2D eigenvalue weighted by atomic mass is 16.5. The number of nitrogens with one attached hydrogen (secondary N) is 2. The van der Waals surface area contributed by atoms with E-state index < -0.39 is 0 Å². The maximum absolute atomic E-state index is 12.2. The van der Waals surface area contributed by atoms with Gasteiger partial charge in [0.15, 0.2) is 0 Å². The molecule has 0 heterocycles. The molecule has 1 aromatic carbocycles. The SMILES string of the molecule is C[C@H]1C[C@@H]1C(=O)Nc1ccc(C(=O)NCCCOC2CCCCC2)cc1. The summed E-state index contributed by atoms with van der Waals surface area (Å²) in [4.78, 5) is 24.1. The Morgan fingerprint density at radius 1 is 1.12 bits per heavy atom. The first-order valence-corrected chi connectivity index (χ1v) is 9.94. The van der Waals surface area contributed by atoms with E-state index >= 15 is 0 Å². The van der Waals surface area contributed by atoms with Gasteiger partial charge in [-0.3, -0.25) is 9.59 Å². The van der Waals surface area contributed by atoms with E-state index in [0.29, 0.717) is 30.7 Å². The van der Waals surface area contributed by atoms with E-state index in [1.165, 1.54) is 32.1 Å². The Bertz CT molecular complexity index is 608. The topological polar surface area (TPSA) is 67.4 Å². The fraction of sp³-hybridized carbons (Fsp3) is 0.619. The summed E-state index contributed by atoms with van der Waals surface area (Å²) in [7, 11) is 0. The molecule has 26 heavy (non-hydrogen) atoms. The van der Waals surface area contributed by atoms with Crippen LogP contribution in [-0.2, 0) is 9.53 Å². The zero-order valence-electron chi connectivity index (χ0n) is 15.6. The van der Waals surface area contributed by atoms with Crippen molar-refractivity contribution in [2.75, 3.05) is 18.5 Å². The van der Waals surface area contributed by atoms with Crippen molar-refractivity contribution >= 4 is 17.5 Å². The van der Waals surface area contributed by atoms with Crippen LogP contribution in [0, 0.1) is 11.8 Å². The zero-order chi connectivity index (χ0) is 18.4. The second kappa shape index (κ2) is 9.17. The minimum absolute atomic E-state index is 0.0765. The molecule has 0 radical (unpaired) electrons. The van der Waals surface area contributed by atoms with Crippen LogP contribution in [0.15, 0.2) is 24.3 Å². The van der Waals surface area contributed by atoms with E-state index in [1.54, 1.807) is 24.3 Å². The lowest BCUT2D eigenvalue weighted by atomic mass is 9.98. The molecular weight excluding hydrogens is 328 g/mol. The Hall–Kier alpha value is -1.88. The Labute approximate surface area is 155 Å². The van der Waals surface area contributed by atoms with Crippen molar-refractivity contribution in [2.45, 2.75) is 58.0 Å². The fourth-order valence-corrected chi connectivity index (χ4v) is 3.49. The number of anilines is 1. The molecule has 2 N–H and O–H groups in total. The molecular formula is C21H30N2O3. The van der Waals surface area contributed by atoms with E-state index in [-0.39, 0.29) is 17.7 Å². The summed E-state index contributed by atoms with van der Waals surface area (Å²) in [6.07, 6.45) is 8.45. The summed E-state index contributed by atoms with van der Waals surface area (Å²) in [6, 6.07) is 7.07. The molecule has 2 amide bonds. The van der Waals surface area contributed by atoms with Crippen molar-refractivity contribution in [1.82, 2.24) is 5.32 Å². The highest BCUT2D eigenvalue weighted by molar-refractivity contribution is 5.96.